The van der Waals surface area contributed by atoms with Crippen LogP contribution in [-0.4, -0.2) is 12.4 Å². The maximum Gasteiger partial charge on any atom is 0.169 e. The molecule has 84 valence electrons. The summed E-state index contributed by atoms with van der Waals surface area (Å²) in [5.74, 6) is 0.111. The van der Waals surface area contributed by atoms with Crippen LogP contribution in [0.3, 0.4) is 0 Å². The number of rotatable bonds is 3. The van der Waals surface area contributed by atoms with Gasteiger partial charge in [-0.15, -0.1) is 0 Å². The summed E-state index contributed by atoms with van der Waals surface area (Å²) in [4.78, 5) is 12.2. The van der Waals surface area contributed by atoms with E-state index in [0.717, 1.165) is 30.6 Å². The van der Waals surface area contributed by atoms with Crippen LogP contribution in [0.1, 0.15) is 31.2 Å². The van der Waals surface area contributed by atoms with Gasteiger partial charge in [-0.2, -0.15) is 0 Å². The predicted molar refractivity (Wildman–Crippen MR) is 63.1 cm³/mol. The lowest BCUT2D eigenvalue weighted by atomic mass is 9.90. The molecule has 1 aliphatic rings. The second-order valence-corrected chi connectivity index (χ2v) is 4.11. The predicted octanol–water partition coefficient (Wildman–Crippen LogP) is 3.05. The van der Waals surface area contributed by atoms with Crippen molar-refractivity contribution in [3.8, 4) is 0 Å². The molecule has 1 unspecified atom stereocenters. The third-order valence-corrected chi connectivity index (χ3v) is 2.94. The average molecular weight is 216 g/mol. The van der Waals surface area contributed by atoms with Crippen molar-refractivity contribution in [1.82, 2.24) is 0 Å². The van der Waals surface area contributed by atoms with Gasteiger partial charge >= 0.3 is 0 Å². The molecular weight excluding hydrogens is 200 g/mol. The Morgan fingerprint density at radius 1 is 1.31 bits per heavy atom. The molecule has 2 heteroatoms. The van der Waals surface area contributed by atoms with Crippen molar-refractivity contribution in [3.63, 3.8) is 0 Å². The minimum Gasteiger partial charge on any atom is -0.501 e. The van der Waals surface area contributed by atoms with Crippen molar-refractivity contribution in [2.45, 2.75) is 25.7 Å². The lowest BCUT2D eigenvalue weighted by molar-refractivity contribution is -0.117. The summed E-state index contributed by atoms with van der Waals surface area (Å²) in [6, 6.07) is 9.87. The number of hydrogen-bond acceptors (Lipinski definition) is 2. The maximum absolute atomic E-state index is 12.2. The van der Waals surface area contributed by atoms with Crippen molar-refractivity contribution < 1.29 is 9.53 Å². The SMILES string of the molecule is CC(C(=O)C1=COCCC1)c1ccccc1. The Hall–Kier alpha value is -1.57. The number of ether oxygens (including phenoxy) is 1. The first kappa shape index (κ1) is 10.9. The van der Waals surface area contributed by atoms with Gasteiger partial charge in [-0.1, -0.05) is 37.3 Å². The molecule has 0 saturated heterocycles. The van der Waals surface area contributed by atoms with Crippen LogP contribution in [0.15, 0.2) is 42.2 Å². The highest BCUT2D eigenvalue weighted by Gasteiger charge is 2.20. The number of Topliss-reactive ketones (excluding diaryl/α,β-unsaturated/α-hetero) is 1. The van der Waals surface area contributed by atoms with Crippen LogP contribution in [-0.2, 0) is 9.53 Å². The van der Waals surface area contributed by atoms with Gasteiger partial charge in [0.25, 0.3) is 0 Å². The van der Waals surface area contributed by atoms with E-state index in [1.807, 2.05) is 37.3 Å². The second-order valence-electron chi connectivity index (χ2n) is 4.11. The molecule has 16 heavy (non-hydrogen) atoms. The minimum absolute atomic E-state index is 0.0749. The number of hydrogen-bond donors (Lipinski definition) is 0. The standard InChI is InChI=1S/C14H16O2/c1-11(12-6-3-2-4-7-12)14(15)13-8-5-9-16-10-13/h2-4,6-7,10-11H,5,8-9H2,1H3. The largest absolute Gasteiger partial charge is 0.501 e. The summed E-state index contributed by atoms with van der Waals surface area (Å²) < 4.78 is 5.21. The molecule has 0 radical (unpaired) electrons. The van der Waals surface area contributed by atoms with Crippen molar-refractivity contribution in [2.75, 3.05) is 6.61 Å². The van der Waals surface area contributed by atoms with E-state index in [9.17, 15) is 4.79 Å². The Morgan fingerprint density at radius 3 is 2.69 bits per heavy atom. The molecule has 0 amide bonds. The van der Waals surface area contributed by atoms with Gasteiger partial charge in [-0.3, -0.25) is 4.79 Å². The fourth-order valence-electron chi connectivity index (χ4n) is 1.92. The fraction of sp³-hybridized carbons (Fsp3) is 0.357. The van der Waals surface area contributed by atoms with E-state index < -0.39 is 0 Å². The quantitative estimate of drug-likeness (QED) is 0.776. The third kappa shape index (κ3) is 2.32. The van der Waals surface area contributed by atoms with Gasteiger partial charge in [-0.05, 0) is 18.4 Å². The molecule has 1 aliphatic heterocycles. The van der Waals surface area contributed by atoms with E-state index in [0.29, 0.717) is 0 Å². The molecule has 0 bridgehead atoms. The van der Waals surface area contributed by atoms with Gasteiger partial charge in [0.1, 0.15) is 0 Å². The summed E-state index contributed by atoms with van der Waals surface area (Å²) in [5.41, 5.74) is 1.89. The smallest absolute Gasteiger partial charge is 0.169 e. The summed E-state index contributed by atoms with van der Waals surface area (Å²) in [7, 11) is 0. The highest BCUT2D eigenvalue weighted by molar-refractivity contribution is 5.99. The van der Waals surface area contributed by atoms with Crippen LogP contribution < -0.4 is 0 Å². The number of allylic oxidation sites excluding steroid dienone is 1. The van der Waals surface area contributed by atoms with Gasteiger partial charge < -0.3 is 4.74 Å². The maximum atomic E-state index is 12.2. The van der Waals surface area contributed by atoms with Gasteiger partial charge in [-0.25, -0.2) is 0 Å². The van der Waals surface area contributed by atoms with Gasteiger partial charge in [0, 0.05) is 11.5 Å². The zero-order chi connectivity index (χ0) is 11.4. The molecule has 0 N–H and O–H groups in total. The zero-order valence-corrected chi connectivity index (χ0v) is 9.48. The first-order valence-electron chi connectivity index (χ1n) is 5.69. The van der Waals surface area contributed by atoms with Crippen molar-refractivity contribution >= 4 is 5.78 Å². The molecule has 1 heterocycles. The summed E-state index contributed by atoms with van der Waals surface area (Å²) in [6.45, 7) is 2.68. The molecule has 2 rings (SSSR count). The lowest BCUT2D eigenvalue weighted by Gasteiger charge is -2.16. The number of ketones is 1. The fourth-order valence-corrected chi connectivity index (χ4v) is 1.92. The van der Waals surface area contributed by atoms with Crippen LogP contribution in [0.5, 0.6) is 0 Å². The van der Waals surface area contributed by atoms with Crippen molar-refractivity contribution in [3.05, 3.63) is 47.7 Å². The van der Waals surface area contributed by atoms with Crippen LogP contribution in [0.4, 0.5) is 0 Å². The number of carbonyl (C=O) groups is 1. The van der Waals surface area contributed by atoms with E-state index in [2.05, 4.69) is 0 Å². The van der Waals surface area contributed by atoms with E-state index in [1.54, 1.807) is 6.26 Å². The van der Waals surface area contributed by atoms with Crippen LogP contribution in [0, 0.1) is 0 Å². The van der Waals surface area contributed by atoms with Crippen molar-refractivity contribution in [1.29, 1.82) is 0 Å². The minimum atomic E-state index is -0.0749. The molecule has 2 nitrogen and oxygen atoms in total. The number of carbonyl (C=O) groups excluding carboxylic acids is 1. The average Bonchev–Trinajstić information content (AvgIpc) is 2.39. The highest BCUT2D eigenvalue weighted by Crippen LogP contribution is 2.23. The normalized spacial score (nSPS) is 17.2. The van der Waals surface area contributed by atoms with E-state index in [-0.39, 0.29) is 11.7 Å². The highest BCUT2D eigenvalue weighted by atomic mass is 16.5. The molecule has 1 atom stereocenters. The third-order valence-electron chi connectivity index (χ3n) is 2.94. The second kappa shape index (κ2) is 4.97. The van der Waals surface area contributed by atoms with Crippen molar-refractivity contribution in [2.24, 2.45) is 0 Å². The number of benzene rings is 1. The molecule has 0 fully saturated rings. The van der Waals surface area contributed by atoms with Gasteiger partial charge in [0.05, 0.1) is 12.9 Å². The Morgan fingerprint density at radius 2 is 2.06 bits per heavy atom. The molecule has 0 aliphatic carbocycles. The zero-order valence-electron chi connectivity index (χ0n) is 9.48. The Kier molecular flexibility index (Phi) is 3.40. The van der Waals surface area contributed by atoms with E-state index in [1.165, 1.54) is 0 Å². The van der Waals surface area contributed by atoms with Gasteiger partial charge in [0.2, 0.25) is 0 Å². The molecule has 1 aromatic rings. The molecule has 0 saturated carbocycles. The van der Waals surface area contributed by atoms with E-state index >= 15 is 0 Å². The Labute approximate surface area is 95.9 Å². The van der Waals surface area contributed by atoms with Crippen LogP contribution in [0.25, 0.3) is 0 Å². The summed E-state index contributed by atoms with van der Waals surface area (Å²) in [5, 5.41) is 0. The van der Waals surface area contributed by atoms with Gasteiger partial charge in [0.15, 0.2) is 5.78 Å². The Balaban J connectivity index is 2.13. The molecule has 1 aromatic carbocycles. The summed E-state index contributed by atoms with van der Waals surface area (Å²) >= 11 is 0. The first-order valence-corrected chi connectivity index (χ1v) is 5.69. The first-order chi connectivity index (χ1) is 7.79. The lowest BCUT2D eigenvalue weighted by Crippen LogP contribution is -2.15. The Bertz CT molecular complexity index is 392. The van der Waals surface area contributed by atoms with E-state index in [4.69, 9.17) is 4.74 Å². The molecular formula is C14H16O2. The summed E-state index contributed by atoms with van der Waals surface area (Å²) in [6.07, 6.45) is 3.42. The molecule has 0 spiro atoms. The molecule has 0 aromatic heterocycles. The monoisotopic (exact) mass is 216 g/mol. The topological polar surface area (TPSA) is 26.3 Å². The van der Waals surface area contributed by atoms with Crippen LogP contribution >= 0.6 is 0 Å². The van der Waals surface area contributed by atoms with Crippen LogP contribution in [0.2, 0.25) is 0 Å².